The molecule has 8 heteroatoms. The number of hydrogen-bond donors (Lipinski definition) is 0. The number of fused-ring (bicyclic) bond motifs is 6. The summed E-state index contributed by atoms with van der Waals surface area (Å²) in [5, 5.41) is 5.30. The molecule has 8 nitrogen and oxygen atoms in total. The molecule has 7 rings (SSSR count). The summed E-state index contributed by atoms with van der Waals surface area (Å²) in [6, 6.07) is 22.6. The van der Waals surface area contributed by atoms with Crippen LogP contribution in [0.5, 0.6) is 11.6 Å². The molecule has 0 aliphatic carbocycles. The van der Waals surface area contributed by atoms with Crippen LogP contribution < -0.4 is 10.4 Å². The minimum atomic E-state index is -0.593. The van der Waals surface area contributed by atoms with Gasteiger partial charge in [0.1, 0.15) is 11.9 Å². The minimum Gasteiger partial charge on any atom is -0.437 e. The van der Waals surface area contributed by atoms with Gasteiger partial charge >= 0.3 is 5.63 Å². The number of ether oxygens (including phenoxy) is 1. The lowest BCUT2D eigenvalue weighted by atomic mass is 9.87. The van der Waals surface area contributed by atoms with Crippen LogP contribution in [0.15, 0.2) is 94.5 Å². The van der Waals surface area contributed by atoms with Crippen LogP contribution in [-0.4, -0.2) is 24.6 Å². The molecule has 0 saturated heterocycles. The number of para-hydroxylation sites is 1. The summed E-state index contributed by atoms with van der Waals surface area (Å²) >= 11 is 0. The zero-order valence-corrected chi connectivity index (χ0v) is 17.6. The third kappa shape index (κ3) is 2.69. The van der Waals surface area contributed by atoms with Crippen LogP contribution >= 0.6 is 0 Å². The Morgan fingerprint density at radius 1 is 0.853 bits per heavy atom. The van der Waals surface area contributed by atoms with Crippen LogP contribution in [0.4, 0.5) is 0 Å². The second-order valence-electron chi connectivity index (χ2n) is 7.95. The summed E-state index contributed by atoms with van der Waals surface area (Å²) in [5.41, 5.74) is 3.02. The highest BCUT2D eigenvalue weighted by Crippen LogP contribution is 2.48. The van der Waals surface area contributed by atoms with E-state index < -0.39 is 11.5 Å². The third-order valence-electron chi connectivity index (χ3n) is 5.98. The van der Waals surface area contributed by atoms with Crippen molar-refractivity contribution in [2.24, 2.45) is 0 Å². The smallest absolute Gasteiger partial charge is 0.344 e. The quantitative estimate of drug-likeness (QED) is 0.360. The molecule has 1 aliphatic heterocycles. The summed E-state index contributed by atoms with van der Waals surface area (Å²) in [6.07, 6.45) is 3.27. The van der Waals surface area contributed by atoms with E-state index in [0.717, 1.165) is 5.56 Å². The molecule has 0 fully saturated rings. The summed E-state index contributed by atoms with van der Waals surface area (Å²) in [5.74, 6) is 0.741. The maximum Gasteiger partial charge on any atom is 0.344 e. The Hall–Kier alpha value is -4.85. The normalized spacial score (nSPS) is 14.5. The number of nitrogens with zero attached hydrogens (tertiary/aromatic N) is 5. The molecule has 0 saturated carbocycles. The molecular weight excluding hydrogens is 430 g/mol. The van der Waals surface area contributed by atoms with Crippen LogP contribution in [-0.2, 0) is 0 Å². The predicted molar refractivity (Wildman–Crippen MR) is 124 cm³/mol. The molecule has 162 valence electrons. The largest absolute Gasteiger partial charge is 0.437 e. The molecule has 2 aromatic carbocycles. The SMILES string of the molecule is O=c1oc2ccccc2c2c1C(c1ccccn1)c1c(ncn3nc(-c4ccccc4)nc13)O2. The fourth-order valence-electron chi connectivity index (χ4n) is 4.48. The number of benzene rings is 2. The Balaban J connectivity index is 1.56. The first-order valence-corrected chi connectivity index (χ1v) is 10.7. The fraction of sp³-hybridized carbons (Fsp3) is 0.0385. The van der Waals surface area contributed by atoms with Crippen LogP contribution in [0.2, 0.25) is 0 Å². The highest BCUT2D eigenvalue weighted by Gasteiger charge is 2.38. The zero-order valence-electron chi connectivity index (χ0n) is 17.6. The standard InChI is InChI=1S/C26H15N5O3/c32-26-20-19(17-11-6-7-13-27-17)21-24-29-23(15-8-2-1-3-9-15)30-31(24)14-28-25(21)34-22(20)16-10-4-5-12-18(16)33-26/h1-14,19H. The number of rotatable bonds is 2. The molecule has 0 bridgehead atoms. The van der Waals surface area contributed by atoms with Gasteiger partial charge in [-0.3, -0.25) is 4.98 Å². The molecule has 0 N–H and O–H groups in total. The minimum absolute atomic E-state index is 0.360. The van der Waals surface area contributed by atoms with Crippen molar-refractivity contribution in [3.8, 4) is 23.0 Å². The summed E-state index contributed by atoms with van der Waals surface area (Å²) in [4.78, 5) is 27.2. The average Bonchev–Trinajstić information content (AvgIpc) is 3.33. The summed E-state index contributed by atoms with van der Waals surface area (Å²) < 4.78 is 13.6. The molecular formula is C26H15N5O3. The molecule has 1 unspecified atom stereocenters. The van der Waals surface area contributed by atoms with Gasteiger partial charge < -0.3 is 9.15 Å². The fourth-order valence-corrected chi connectivity index (χ4v) is 4.48. The van der Waals surface area contributed by atoms with Crippen molar-refractivity contribution >= 4 is 16.6 Å². The van der Waals surface area contributed by atoms with Crippen molar-refractivity contribution in [1.82, 2.24) is 24.6 Å². The Kier molecular flexibility index (Phi) is 3.89. The molecule has 5 heterocycles. The van der Waals surface area contributed by atoms with Crippen molar-refractivity contribution in [1.29, 1.82) is 0 Å². The molecule has 4 aromatic heterocycles. The monoisotopic (exact) mass is 445 g/mol. The van der Waals surface area contributed by atoms with Crippen LogP contribution in [0.25, 0.3) is 28.0 Å². The van der Waals surface area contributed by atoms with Gasteiger partial charge in [-0.25, -0.2) is 19.3 Å². The van der Waals surface area contributed by atoms with E-state index in [1.165, 1.54) is 0 Å². The molecule has 0 spiro atoms. The lowest BCUT2D eigenvalue weighted by Crippen LogP contribution is -2.23. The Bertz CT molecular complexity index is 1760. The van der Waals surface area contributed by atoms with Crippen LogP contribution in [0, 0.1) is 0 Å². The lowest BCUT2D eigenvalue weighted by molar-refractivity contribution is 0.421. The van der Waals surface area contributed by atoms with Gasteiger partial charge in [-0.15, -0.1) is 5.10 Å². The van der Waals surface area contributed by atoms with E-state index >= 15 is 0 Å². The van der Waals surface area contributed by atoms with E-state index in [9.17, 15) is 4.79 Å². The molecule has 1 atom stereocenters. The Morgan fingerprint density at radius 2 is 1.68 bits per heavy atom. The Morgan fingerprint density at radius 3 is 2.53 bits per heavy atom. The first-order valence-electron chi connectivity index (χ1n) is 10.7. The van der Waals surface area contributed by atoms with E-state index in [1.54, 1.807) is 23.1 Å². The highest BCUT2D eigenvalue weighted by molar-refractivity contribution is 5.86. The van der Waals surface area contributed by atoms with E-state index in [0.29, 0.717) is 50.9 Å². The first-order chi connectivity index (χ1) is 16.8. The summed E-state index contributed by atoms with van der Waals surface area (Å²) in [6.45, 7) is 0. The van der Waals surface area contributed by atoms with Crippen LogP contribution in [0.1, 0.15) is 22.7 Å². The van der Waals surface area contributed by atoms with Gasteiger partial charge in [0.15, 0.2) is 17.2 Å². The number of aromatic nitrogens is 5. The van der Waals surface area contributed by atoms with Crippen molar-refractivity contribution in [2.75, 3.05) is 0 Å². The Labute approximate surface area is 192 Å². The highest BCUT2D eigenvalue weighted by atomic mass is 16.5. The van der Waals surface area contributed by atoms with Crippen molar-refractivity contribution in [2.45, 2.75) is 5.92 Å². The van der Waals surface area contributed by atoms with E-state index in [2.05, 4.69) is 15.1 Å². The lowest BCUT2D eigenvalue weighted by Gasteiger charge is -2.26. The van der Waals surface area contributed by atoms with Crippen LogP contribution in [0.3, 0.4) is 0 Å². The molecule has 0 amide bonds. The number of hydrogen-bond acceptors (Lipinski definition) is 7. The second-order valence-corrected chi connectivity index (χ2v) is 7.95. The van der Waals surface area contributed by atoms with E-state index in [1.807, 2.05) is 66.7 Å². The average molecular weight is 445 g/mol. The van der Waals surface area contributed by atoms with Gasteiger partial charge in [-0.1, -0.05) is 48.5 Å². The first kappa shape index (κ1) is 18.7. The molecule has 6 aromatic rings. The topological polar surface area (TPSA) is 95.4 Å². The summed E-state index contributed by atoms with van der Waals surface area (Å²) in [7, 11) is 0. The molecule has 1 aliphatic rings. The van der Waals surface area contributed by atoms with Gasteiger partial charge in [-0.05, 0) is 24.3 Å². The van der Waals surface area contributed by atoms with E-state index in [4.69, 9.17) is 14.1 Å². The van der Waals surface area contributed by atoms with Gasteiger partial charge in [0.25, 0.3) is 0 Å². The molecule has 0 radical (unpaired) electrons. The maximum atomic E-state index is 13.3. The second kappa shape index (κ2) is 7.08. The van der Waals surface area contributed by atoms with Crippen molar-refractivity contribution < 1.29 is 9.15 Å². The van der Waals surface area contributed by atoms with Crippen molar-refractivity contribution in [3.63, 3.8) is 0 Å². The van der Waals surface area contributed by atoms with Gasteiger partial charge in [0.2, 0.25) is 5.88 Å². The zero-order chi connectivity index (χ0) is 22.6. The van der Waals surface area contributed by atoms with Crippen molar-refractivity contribution in [3.05, 3.63) is 113 Å². The van der Waals surface area contributed by atoms with E-state index in [-0.39, 0.29) is 0 Å². The van der Waals surface area contributed by atoms with Gasteiger partial charge in [-0.2, -0.15) is 0 Å². The predicted octanol–water partition coefficient (Wildman–Crippen LogP) is 4.58. The maximum absolute atomic E-state index is 13.3. The third-order valence-corrected chi connectivity index (χ3v) is 5.98. The number of pyridine rings is 1. The van der Waals surface area contributed by atoms with Gasteiger partial charge in [0.05, 0.1) is 28.1 Å². The van der Waals surface area contributed by atoms with Gasteiger partial charge in [0, 0.05) is 11.8 Å². The molecule has 34 heavy (non-hydrogen) atoms.